The fraction of sp³-hybridized carbons (Fsp3) is 0.400. The van der Waals surface area contributed by atoms with E-state index in [0.29, 0.717) is 0 Å². The van der Waals surface area contributed by atoms with Gasteiger partial charge >= 0.3 is 0 Å². The van der Waals surface area contributed by atoms with Crippen LogP contribution in [0.4, 0.5) is 0 Å². The Hall–Kier alpha value is -1.81. The Morgan fingerprint density at radius 1 is 1.21 bits per heavy atom. The van der Waals surface area contributed by atoms with Gasteiger partial charge in [-0.2, -0.15) is 0 Å². The van der Waals surface area contributed by atoms with E-state index in [0.717, 1.165) is 49.0 Å². The number of amidine groups is 1. The molecule has 0 radical (unpaired) electrons. The second kappa shape index (κ2) is 5.05. The highest BCUT2D eigenvalue weighted by molar-refractivity contribution is 6.02. The highest BCUT2D eigenvalue weighted by Crippen LogP contribution is 2.26. The molecular weight excluding hydrogens is 238 g/mol. The van der Waals surface area contributed by atoms with Crippen molar-refractivity contribution in [1.82, 2.24) is 10.2 Å². The largest absolute Gasteiger partial charge is 0.462 e. The normalized spacial score (nSPS) is 18.9. The number of hydrogen-bond donors (Lipinski definition) is 1. The van der Waals surface area contributed by atoms with Crippen LogP contribution in [0.15, 0.2) is 35.2 Å². The number of fused-ring (bicyclic) bond motifs is 1. The molecule has 3 rings (SSSR count). The van der Waals surface area contributed by atoms with Crippen LogP contribution in [-0.2, 0) is 0 Å². The van der Waals surface area contributed by atoms with Crippen molar-refractivity contribution in [2.75, 3.05) is 26.2 Å². The van der Waals surface area contributed by atoms with Gasteiger partial charge in [0.2, 0.25) is 0 Å². The van der Waals surface area contributed by atoms with E-state index < -0.39 is 0 Å². The number of rotatable bonds is 0. The van der Waals surface area contributed by atoms with Crippen molar-refractivity contribution in [2.45, 2.75) is 13.8 Å². The molecule has 4 nitrogen and oxygen atoms in total. The second-order valence-corrected chi connectivity index (χ2v) is 5.05. The van der Waals surface area contributed by atoms with Crippen molar-refractivity contribution >= 4 is 5.84 Å². The maximum Gasteiger partial charge on any atom is 0.140 e. The second-order valence-electron chi connectivity index (χ2n) is 5.05. The van der Waals surface area contributed by atoms with Gasteiger partial charge in [-0.05, 0) is 26.0 Å². The quantitative estimate of drug-likeness (QED) is 0.771. The molecular formula is C15H19N3O. The lowest BCUT2D eigenvalue weighted by Gasteiger charge is -2.30. The number of benzene rings is 1. The van der Waals surface area contributed by atoms with Gasteiger partial charge in [-0.15, -0.1) is 0 Å². The first kappa shape index (κ1) is 12.2. The number of aryl methyl sites for hydroxylation is 1. The minimum absolute atomic E-state index is 0.889. The molecule has 0 amide bonds. The predicted molar refractivity (Wildman–Crippen MR) is 76.5 cm³/mol. The van der Waals surface area contributed by atoms with E-state index in [9.17, 15) is 0 Å². The third kappa shape index (κ3) is 2.49. The van der Waals surface area contributed by atoms with Gasteiger partial charge in [-0.1, -0.05) is 11.6 Å². The summed E-state index contributed by atoms with van der Waals surface area (Å²) in [6, 6.07) is 6.25. The summed E-state index contributed by atoms with van der Waals surface area (Å²) in [6.45, 7) is 8.05. The Morgan fingerprint density at radius 3 is 2.79 bits per heavy atom. The molecule has 1 aromatic rings. The number of nitrogens with one attached hydrogen (secondary N) is 1. The van der Waals surface area contributed by atoms with Crippen LogP contribution >= 0.6 is 0 Å². The molecule has 0 spiro atoms. The summed E-state index contributed by atoms with van der Waals surface area (Å²) in [6.07, 6.45) is 1.73. The summed E-state index contributed by atoms with van der Waals surface area (Å²) < 4.78 is 5.72. The zero-order valence-corrected chi connectivity index (χ0v) is 11.4. The Morgan fingerprint density at radius 2 is 2.00 bits per heavy atom. The van der Waals surface area contributed by atoms with Crippen molar-refractivity contribution in [1.29, 1.82) is 0 Å². The Balaban J connectivity index is 2.05. The topological polar surface area (TPSA) is 36.9 Å². The number of aliphatic imine (C=N–C) groups is 1. The first-order valence-corrected chi connectivity index (χ1v) is 6.73. The lowest BCUT2D eigenvalue weighted by Crippen LogP contribution is -2.46. The zero-order chi connectivity index (χ0) is 13.2. The van der Waals surface area contributed by atoms with E-state index in [4.69, 9.17) is 9.73 Å². The van der Waals surface area contributed by atoms with Gasteiger partial charge in [-0.25, -0.2) is 4.99 Å². The van der Waals surface area contributed by atoms with Gasteiger partial charge in [0.05, 0.1) is 11.3 Å². The van der Waals surface area contributed by atoms with Crippen molar-refractivity contribution in [3.05, 3.63) is 41.3 Å². The molecule has 100 valence electrons. The Bertz CT molecular complexity index is 542. The third-order valence-corrected chi connectivity index (χ3v) is 3.43. The maximum atomic E-state index is 5.72. The summed E-state index contributed by atoms with van der Waals surface area (Å²) >= 11 is 0. The van der Waals surface area contributed by atoms with Crippen LogP contribution in [0.1, 0.15) is 18.1 Å². The van der Waals surface area contributed by atoms with Gasteiger partial charge in [0.1, 0.15) is 17.8 Å². The minimum Gasteiger partial charge on any atom is -0.462 e. The fourth-order valence-electron chi connectivity index (χ4n) is 2.44. The molecule has 4 heteroatoms. The molecule has 0 atom stereocenters. The van der Waals surface area contributed by atoms with Gasteiger partial charge in [0.15, 0.2) is 0 Å². The SMILES string of the molecule is CC1=COc2ccc(C)cc2C(N2CCNCC2)=N1. The van der Waals surface area contributed by atoms with E-state index in [-0.39, 0.29) is 0 Å². The number of piperazine rings is 1. The van der Waals surface area contributed by atoms with Crippen LogP contribution in [0, 0.1) is 6.92 Å². The van der Waals surface area contributed by atoms with Crippen LogP contribution in [0.5, 0.6) is 5.75 Å². The van der Waals surface area contributed by atoms with E-state index in [1.54, 1.807) is 6.26 Å². The Labute approximate surface area is 113 Å². The maximum absolute atomic E-state index is 5.72. The van der Waals surface area contributed by atoms with E-state index in [2.05, 4.69) is 29.3 Å². The standard InChI is InChI=1S/C15H19N3O/c1-11-3-4-14-13(9-11)15(17-12(2)10-19-14)18-7-5-16-6-8-18/h3-4,9-10,16H,5-8H2,1-2H3. The molecule has 1 saturated heterocycles. The number of allylic oxidation sites excluding steroid dienone is 1. The lowest BCUT2D eigenvalue weighted by molar-refractivity contribution is 0.357. The summed E-state index contributed by atoms with van der Waals surface area (Å²) in [4.78, 5) is 7.07. The summed E-state index contributed by atoms with van der Waals surface area (Å²) in [5.74, 6) is 1.92. The van der Waals surface area contributed by atoms with E-state index in [1.165, 1.54) is 5.56 Å². The van der Waals surface area contributed by atoms with Crippen LogP contribution in [-0.4, -0.2) is 36.9 Å². The number of hydrogen-bond acceptors (Lipinski definition) is 4. The van der Waals surface area contributed by atoms with Gasteiger partial charge < -0.3 is 15.0 Å². The van der Waals surface area contributed by atoms with Crippen LogP contribution in [0.3, 0.4) is 0 Å². The summed E-state index contributed by atoms with van der Waals surface area (Å²) in [5.41, 5.74) is 3.22. The smallest absolute Gasteiger partial charge is 0.140 e. The molecule has 2 aliphatic rings. The summed E-state index contributed by atoms with van der Waals surface area (Å²) in [5, 5.41) is 3.37. The highest BCUT2D eigenvalue weighted by Gasteiger charge is 2.21. The molecule has 19 heavy (non-hydrogen) atoms. The average molecular weight is 257 g/mol. The van der Waals surface area contributed by atoms with Crippen molar-refractivity contribution in [3.8, 4) is 5.75 Å². The third-order valence-electron chi connectivity index (χ3n) is 3.43. The van der Waals surface area contributed by atoms with Crippen LogP contribution < -0.4 is 10.1 Å². The van der Waals surface area contributed by atoms with Crippen molar-refractivity contribution in [2.24, 2.45) is 4.99 Å². The molecule has 1 fully saturated rings. The first-order valence-electron chi connectivity index (χ1n) is 6.73. The summed E-state index contributed by atoms with van der Waals surface area (Å²) in [7, 11) is 0. The van der Waals surface area contributed by atoms with E-state index >= 15 is 0 Å². The molecule has 0 bridgehead atoms. The van der Waals surface area contributed by atoms with Crippen LogP contribution in [0.2, 0.25) is 0 Å². The average Bonchev–Trinajstić information content (AvgIpc) is 2.59. The number of ether oxygens (including phenoxy) is 1. The lowest BCUT2D eigenvalue weighted by atomic mass is 10.1. The number of nitrogens with zero attached hydrogens (tertiary/aromatic N) is 2. The fourth-order valence-corrected chi connectivity index (χ4v) is 2.44. The zero-order valence-electron chi connectivity index (χ0n) is 11.4. The minimum atomic E-state index is 0.889. The molecule has 0 saturated carbocycles. The van der Waals surface area contributed by atoms with Crippen molar-refractivity contribution in [3.63, 3.8) is 0 Å². The van der Waals surface area contributed by atoms with Crippen molar-refractivity contribution < 1.29 is 4.74 Å². The molecule has 2 aliphatic heterocycles. The van der Waals surface area contributed by atoms with E-state index in [1.807, 2.05) is 13.0 Å². The first-order chi connectivity index (χ1) is 9.24. The predicted octanol–water partition coefficient (Wildman–Crippen LogP) is 1.90. The molecule has 1 aromatic carbocycles. The van der Waals surface area contributed by atoms with Gasteiger partial charge in [0, 0.05) is 26.2 Å². The monoisotopic (exact) mass is 257 g/mol. The molecule has 0 unspecified atom stereocenters. The van der Waals surface area contributed by atoms with Gasteiger partial charge in [-0.3, -0.25) is 0 Å². The Kier molecular flexibility index (Phi) is 3.25. The van der Waals surface area contributed by atoms with Crippen LogP contribution in [0.25, 0.3) is 0 Å². The highest BCUT2D eigenvalue weighted by atomic mass is 16.5. The molecule has 0 aliphatic carbocycles. The molecule has 0 aromatic heterocycles. The molecule has 1 N–H and O–H groups in total. The molecule has 2 heterocycles. The van der Waals surface area contributed by atoms with Gasteiger partial charge in [0.25, 0.3) is 0 Å².